The van der Waals surface area contributed by atoms with Crippen molar-refractivity contribution in [1.29, 1.82) is 0 Å². The maximum Gasteiger partial charge on any atom is 0.222 e. The molecule has 0 spiro atoms. The molecule has 2 aromatic rings. The number of benzene rings is 1. The van der Waals surface area contributed by atoms with Crippen LogP contribution in [-0.4, -0.2) is 58.7 Å². The van der Waals surface area contributed by atoms with E-state index in [1.807, 2.05) is 17.0 Å². The van der Waals surface area contributed by atoms with Crippen LogP contribution in [0.15, 0.2) is 18.2 Å². The topological polar surface area (TPSA) is 61.5 Å². The molecule has 1 aromatic heterocycles. The average Bonchev–Trinajstić information content (AvgIpc) is 3.26. The lowest BCUT2D eigenvalue weighted by Gasteiger charge is -2.36. The van der Waals surface area contributed by atoms with E-state index in [0.29, 0.717) is 11.9 Å². The molecule has 1 amide bonds. The van der Waals surface area contributed by atoms with Gasteiger partial charge in [-0.3, -0.25) is 14.8 Å². The lowest BCUT2D eigenvalue weighted by molar-refractivity contribution is -0.127. The largest absolute Gasteiger partial charge is 0.497 e. The van der Waals surface area contributed by atoms with Crippen LogP contribution in [0.4, 0.5) is 0 Å². The fourth-order valence-electron chi connectivity index (χ4n) is 4.33. The van der Waals surface area contributed by atoms with Gasteiger partial charge in [-0.2, -0.15) is 5.10 Å². The first-order valence-electron chi connectivity index (χ1n) is 9.77. The Morgan fingerprint density at radius 3 is 3.00 bits per heavy atom. The molecule has 140 valence electrons. The smallest absolute Gasteiger partial charge is 0.222 e. The molecule has 3 heterocycles. The monoisotopic (exact) mass is 356 g/mol. The summed E-state index contributed by atoms with van der Waals surface area (Å²) in [6.45, 7) is 3.83. The Kier molecular flexibility index (Phi) is 5.11. The highest BCUT2D eigenvalue weighted by Crippen LogP contribution is 2.27. The first kappa shape index (κ1) is 17.3. The van der Waals surface area contributed by atoms with E-state index >= 15 is 0 Å². The van der Waals surface area contributed by atoms with Crippen molar-refractivity contribution < 1.29 is 9.53 Å². The molecule has 0 unspecified atom stereocenters. The van der Waals surface area contributed by atoms with Crippen molar-refractivity contribution >= 4 is 16.8 Å². The minimum absolute atomic E-state index is 0.332. The number of nitrogens with one attached hydrogen (secondary N) is 1. The van der Waals surface area contributed by atoms with Crippen molar-refractivity contribution in [2.24, 2.45) is 0 Å². The Hall–Kier alpha value is -2.08. The molecule has 0 aliphatic carbocycles. The second-order valence-corrected chi connectivity index (χ2v) is 7.48. The summed E-state index contributed by atoms with van der Waals surface area (Å²) < 4.78 is 5.37. The number of rotatable bonds is 6. The summed E-state index contributed by atoms with van der Waals surface area (Å²) in [5.74, 6) is 1.20. The highest BCUT2D eigenvalue weighted by Gasteiger charge is 2.26. The highest BCUT2D eigenvalue weighted by molar-refractivity contribution is 5.82. The third-order valence-electron chi connectivity index (χ3n) is 5.85. The number of H-pyrrole nitrogens is 1. The summed E-state index contributed by atoms with van der Waals surface area (Å²) in [6, 6.07) is 6.56. The van der Waals surface area contributed by atoms with Gasteiger partial charge in [0.15, 0.2) is 0 Å². The van der Waals surface area contributed by atoms with Crippen molar-refractivity contribution in [3.8, 4) is 5.75 Å². The van der Waals surface area contributed by atoms with Crippen molar-refractivity contribution in [2.75, 3.05) is 26.7 Å². The maximum absolute atomic E-state index is 11.9. The summed E-state index contributed by atoms with van der Waals surface area (Å²) in [6.07, 6.45) is 6.57. The van der Waals surface area contributed by atoms with Gasteiger partial charge in [0.2, 0.25) is 5.91 Å². The Morgan fingerprint density at radius 2 is 2.19 bits per heavy atom. The van der Waals surface area contributed by atoms with Gasteiger partial charge in [0, 0.05) is 37.5 Å². The molecule has 1 aromatic carbocycles. The molecule has 26 heavy (non-hydrogen) atoms. The molecule has 0 radical (unpaired) electrons. The van der Waals surface area contributed by atoms with E-state index in [4.69, 9.17) is 4.74 Å². The Morgan fingerprint density at radius 1 is 1.27 bits per heavy atom. The molecular weight excluding hydrogens is 328 g/mol. The predicted octanol–water partition coefficient (Wildman–Crippen LogP) is 2.94. The van der Waals surface area contributed by atoms with Gasteiger partial charge in [-0.15, -0.1) is 0 Å². The number of amides is 1. The molecule has 0 saturated carbocycles. The number of ether oxygens (including phenoxy) is 1. The normalized spacial score (nSPS) is 21.7. The number of nitrogens with zero attached hydrogens (tertiary/aromatic N) is 3. The number of hydrogen-bond acceptors (Lipinski definition) is 4. The average molecular weight is 356 g/mol. The van der Waals surface area contributed by atoms with Crippen molar-refractivity contribution in [2.45, 2.75) is 51.1 Å². The van der Waals surface area contributed by atoms with Crippen LogP contribution in [0.5, 0.6) is 5.75 Å². The molecule has 2 aliphatic heterocycles. The second-order valence-electron chi connectivity index (χ2n) is 7.48. The minimum Gasteiger partial charge on any atom is -0.497 e. The van der Waals surface area contributed by atoms with Gasteiger partial charge in [0.05, 0.1) is 18.3 Å². The zero-order chi connectivity index (χ0) is 17.9. The minimum atomic E-state index is 0.332. The zero-order valence-corrected chi connectivity index (χ0v) is 15.5. The van der Waals surface area contributed by atoms with Gasteiger partial charge in [-0.25, -0.2) is 0 Å². The van der Waals surface area contributed by atoms with Crippen molar-refractivity contribution in [1.82, 2.24) is 20.0 Å². The van der Waals surface area contributed by atoms with Crippen LogP contribution in [0.25, 0.3) is 10.9 Å². The first-order chi connectivity index (χ1) is 12.7. The van der Waals surface area contributed by atoms with E-state index in [1.54, 1.807) is 7.11 Å². The summed E-state index contributed by atoms with van der Waals surface area (Å²) in [5, 5.41) is 8.81. The van der Waals surface area contributed by atoms with Crippen LogP contribution < -0.4 is 4.74 Å². The molecule has 0 bridgehead atoms. The third-order valence-corrected chi connectivity index (χ3v) is 5.85. The molecule has 2 aliphatic rings. The molecule has 2 fully saturated rings. The van der Waals surface area contributed by atoms with E-state index in [9.17, 15) is 4.79 Å². The molecule has 4 rings (SSSR count). The summed E-state index contributed by atoms with van der Waals surface area (Å²) in [5.41, 5.74) is 2.14. The van der Waals surface area contributed by atoms with Crippen LogP contribution in [0, 0.1) is 0 Å². The number of likely N-dealkylation sites (tertiary alicyclic amines) is 2. The SMILES string of the molecule is COc1ccc2n[nH]c(CN3CCCC[C@H]3CCN3CCCC3=O)c2c1. The molecule has 1 atom stereocenters. The van der Waals surface area contributed by atoms with Gasteiger partial charge >= 0.3 is 0 Å². The molecule has 6 nitrogen and oxygen atoms in total. The van der Waals surface area contributed by atoms with Crippen LogP contribution in [0.2, 0.25) is 0 Å². The van der Waals surface area contributed by atoms with E-state index in [-0.39, 0.29) is 0 Å². The highest BCUT2D eigenvalue weighted by atomic mass is 16.5. The Balaban J connectivity index is 1.45. The number of piperidine rings is 1. The van der Waals surface area contributed by atoms with Crippen LogP contribution in [0.1, 0.15) is 44.2 Å². The number of aromatic amines is 1. The number of carbonyl (C=O) groups excluding carboxylic acids is 1. The van der Waals surface area contributed by atoms with Crippen LogP contribution in [-0.2, 0) is 11.3 Å². The maximum atomic E-state index is 11.9. The van der Waals surface area contributed by atoms with Gasteiger partial charge in [0.1, 0.15) is 5.75 Å². The van der Waals surface area contributed by atoms with Gasteiger partial charge in [0.25, 0.3) is 0 Å². The van der Waals surface area contributed by atoms with Gasteiger partial charge in [-0.05, 0) is 50.4 Å². The zero-order valence-electron chi connectivity index (χ0n) is 15.5. The number of aromatic nitrogens is 2. The summed E-state index contributed by atoms with van der Waals surface area (Å²) in [7, 11) is 1.70. The lowest BCUT2D eigenvalue weighted by Crippen LogP contribution is -2.41. The summed E-state index contributed by atoms with van der Waals surface area (Å²) >= 11 is 0. The Bertz CT molecular complexity index is 772. The molecule has 1 N–H and O–H groups in total. The van der Waals surface area contributed by atoms with E-state index in [2.05, 4.69) is 21.2 Å². The number of fused-ring (bicyclic) bond motifs is 1. The lowest BCUT2D eigenvalue weighted by atomic mass is 9.98. The summed E-state index contributed by atoms with van der Waals surface area (Å²) in [4.78, 5) is 16.5. The third kappa shape index (κ3) is 3.56. The number of carbonyl (C=O) groups is 1. The van der Waals surface area contributed by atoms with Crippen molar-refractivity contribution in [3.05, 3.63) is 23.9 Å². The Labute approximate surface area is 154 Å². The number of methoxy groups -OCH3 is 1. The van der Waals surface area contributed by atoms with E-state index < -0.39 is 0 Å². The molecular formula is C20H28N4O2. The predicted molar refractivity (Wildman–Crippen MR) is 101 cm³/mol. The fraction of sp³-hybridized carbons (Fsp3) is 0.600. The van der Waals surface area contributed by atoms with E-state index in [0.717, 1.165) is 67.8 Å². The molecule has 2 saturated heterocycles. The van der Waals surface area contributed by atoms with Crippen molar-refractivity contribution in [3.63, 3.8) is 0 Å². The quantitative estimate of drug-likeness (QED) is 0.864. The standard InChI is InChI=1S/C20H28N4O2/c1-26-16-7-8-18-17(13-16)19(22-21-18)14-24-10-3-2-5-15(24)9-12-23-11-4-6-20(23)25/h7-8,13,15H,2-6,9-12,14H2,1H3,(H,21,22)/t15-/m0/s1. The first-order valence-corrected chi connectivity index (χ1v) is 9.77. The van der Waals surface area contributed by atoms with Gasteiger partial charge < -0.3 is 9.64 Å². The second kappa shape index (κ2) is 7.66. The fourth-order valence-corrected chi connectivity index (χ4v) is 4.33. The van der Waals surface area contributed by atoms with Crippen LogP contribution >= 0.6 is 0 Å². The number of hydrogen-bond donors (Lipinski definition) is 1. The van der Waals surface area contributed by atoms with E-state index in [1.165, 1.54) is 19.3 Å². The van der Waals surface area contributed by atoms with Crippen LogP contribution in [0.3, 0.4) is 0 Å². The molecule has 6 heteroatoms. The van der Waals surface area contributed by atoms with Gasteiger partial charge in [-0.1, -0.05) is 6.42 Å².